The Labute approximate surface area is 393 Å². The third-order valence-corrected chi connectivity index (χ3v) is 11.7. The normalized spacial score (nSPS) is 11.4. The highest BCUT2D eigenvalue weighted by atomic mass is 35.5. The highest BCUT2D eigenvalue weighted by Gasteiger charge is 2.36. The zero-order valence-electron chi connectivity index (χ0n) is 31.3. The number of pyridine rings is 4. The molecule has 0 aliphatic heterocycles. The number of ketones is 2. The third kappa shape index (κ3) is 14.1. The van der Waals surface area contributed by atoms with Gasteiger partial charge in [-0.25, -0.2) is 31.8 Å². The summed E-state index contributed by atoms with van der Waals surface area (Å²) in [4.78, 5) is 57.6. The van der Waals surface area contributed by atoms with Crippen molar-refractivity contribution in [2.24, 2.45) is 0 Å². The quantitative estimate of drug-likeness (QED) is 0.0434. The topological polar surface area (TPSA) is 235 Å². The zero-order chi connectivity index (χ0) is 48.7. The fourth-order valence-corrected chi connectivity index (χ4v) is 8.04. The Bertz CT molecular complexity index is 3090. The maximum absolute atomic E-state index is 13.1. The van der Waals surface area contributed by atoms with Gasteiger partial charge in [0.25, 0.3) is 26.5 Å². The smallest absolute Gasteiger partial charge is 0.417 e. The van der Waals surface area contributed by atoms with Gasteiger partial charge in [-0.2, -0.15) is 26.3 Å². The number of benzene rings is 2. The number of carbonyl (C=O) groups excluding carboxylic acids is 2. The molecule has 0 saturated carbocycles. The molecule has 15 nitrogen and oxygen atoms in total. The molecule has 0 aliphatic carbocycles. The minimum absolute atomic E-state index is 0. The minimum Gasteiger partial charge on any atom is -0.483 e. The largest absolute Gasteiger partial charge is 0.483 e. The molecule has 350 valence electrons. The van der Waals surface area contributed by atoms with Crippen molar-refractivity contribution in [3.8, 4) is 0 Å². The molecule has 0 radical (unpaired) electrons. The first kappa shape index (κ1) is 54.5. The first-order valence-corrected chi connectivity index (χ1v) is 21.6. The summed E-state index contributed by atoms with van der Waals surface area (Å²) >= 11 is 28.5. The summed E-state index contributed by atoms with van der Waals surface area (Å²) in [6.07, 6.45) is -7.60. The molecule has 0 fully saturated rings. The van der Waals surface area contributed by atoms with Crippen LogP contribution in [0.15, 0.2) is 112 Å². The van der Waals surface area contributed by atoms with Crippen LogP contribution in [-0.2, 0) is 37.2 Å². The van der Waals surface area contributed by atoms with Crippen LogP contribution in [0.1, 0.15) is 50.9 Å². The van der Waals surface area contributed by atoms with E-state index in [0.29, 0.717) is 12.1 Å². The molecule has 0 amide bonds. The fraction of sp³-hybridized carbons (Fsp3) is 0.0789. The van der Waals surface area contributed by atoms with Gasteiger partial charge in [-0.1, -0.05) is 77.6 Å². The number of aromatic amines is 1. The number of hydrogen-bond acceptors (Lipinski definition) is 11. The Kier molecular flexibility index (Phi) is 18.3. The van der Waals surface area contributed by atoms with E-state index in [9.17, 15) is 57.6 Å². The number of H-pyrrole nitrogens is 1. The van der Waals surface area contributed by atoms with Crippen molar-refractivity contribution < 1.29 is 62.7 Å². The van der Waals surface area contributed by atoms with Crippen molar-refractivity contribution in [3.63, 3.8) is 0 Å². The average molecular weight is 1070 g/mol. The number of halogens is 11. The lowest BCUT2D eigenvalue weighted by Crippen LogP contribution is -2.19. The first-order valence-electron chi connectivity index (χ1n) is 16.8. The molecule has 0 bridgehead atoms. The van der Waals surface area contributed by atoms with Crippen LogP contribution < -0.4 is 15.0 Å². The number of hydrogen-bond donors (Lipinski definition) is 4. The van der Waals surface area contributed by atoms with E-state index in [4.69, 9.17) is 67.9 Å². The van der Waals surface area contributed by atoms with Gasteiger partial charge in [-0.3, -0.25) is 28.6 Å². The van der Waals surface area contributed by atoms with Gasteiger partial charge in [0.05, 0.1) is 58.1 Å². The predicted octanol–water partition coefficient (Wildman–Crippen LogP) is 9.95. The molecule has 0 saturated heterocycles. The molecule has 28 heteroatoms. The van der Waals surface area contributed by atoms with Gasteiger partial charge in [0, 0.05) is 18.5 Å². The van der Waals surface area contributed by atoms with E-state index >= 15 is 0 Å². The predicted molar refractivity (Wildman–Crippen MR) is 232 cm³/mol. The number of carboxylic acid groups (broad SMARTS) is 1. The monoisotopic (exact) mass is 1060 g/mol. The second-order valence-corrected chi connectivity index (χ2v) is 17.6. The number of nitrogens with zero attached hydrogens (tertiary/aromatic N) is 3. The Hall–Kier alpha value is -5.82. The second-order valence-electron chi connectivity index (χ2n) is 12.1. The molecular weight excluding hydrogens is 1040 g/mol. The maximum atomic E-state index is 13.1. The molecule has 4 aromatic heterocycles. The van der Waals surface area contributed by atoms with E-state index in [2.05, 4.69) is 19.9 Å². The van der Waals surface area contributed by atoms with Crippen LogP contribution in [0.5, 0.6) is 0 Å². The zero-order valence-corrected chi connectivity index (χ0v) is 36.8. The summed E-state index contributed by atoms with van der Waals surface area (Å²) in [6.45, 7) is -0.250. The lowest BCUT2D eigenvalue weighted by molar-refractivity contribution is -0.138. The standard InChI is InChI=1S/C18H9Cl3F3N3O3S.C18H10Cl2F3N3O4S.CH2O2.CH4/c19-9-6-14(16(25-8-9)17(28)13-2-1-3-15(21)26-13)27-31(29,30)10-4-5-12(20)11(7-10)18(22,23)24;19-9-6-14(16(24-8-9)17(28)13-2-1-3-15(27)25-13)26-31(29,30)10-4-5-12(20)11(7-10)18(21,22)23;2-1-3;/h1-8,27H;1-8,26H,(H,25,27);1H,(H,2,3);1H4. The lowest BCUT2D eigenvalue weighted by atomic mass is 10.1. The van der Waals surface area contributed by atoms with Crippen molar-refractivity contribution in [1.82, 2.24) is 19.9 Å². The molecule has 4 heterocycles. The summed E-state index contributed by atoms with van der Waals surface area (Å²) < 4.78 is 133. The van der Waals surface area contributed by atoms with Crippen molar-refractivity contribution in [2.45, 2.75) is 29.6 Å². The van der Waals surface area contributed by atoms with Crippen molar-refractivity contribution in [2.75, 3.05) is 9.44 Å². The summed E-state index contributed by atoms with van der Waals surface area (Å²) in [5.74, 6) is -1.64. The van der Waals surface area contributed by atoms with Crippen molar-refractivity contribution >= 4 is 107 Å². The number of sulfonamides is 2. The van der Waals surface area contributed by atoms with Crippen LogP contribution in [0.3, 0.4) is 0 Å². The van der Waals surface area contributed by atoms with Crippen molar-refractivity contribution in [1.29, 1.82) is 0 Å². The van der Waals surface area contributed by atoms with E-state index in [1.165, 1.54) is 30.3 Å². The van der Waals surface area contributed by atoms with Crippen LogP contribution in [0.4, 0.5) is 37.7 Å². The van der Waals surface area contributed by atoms with Crippen LogP contribution in [0.25, 0.3) is 0 Å². The van der Waals surface area contributed by atoms with Gasteiger partial charge in [-0.05, 0) is 66.7 Å². The molecule has 6 rings (SSSR count). The van der Waals surface area contributed by atoms with Crippen LogP contribution in [0.2, 0.25) is 25.2 Å². The van der Waals surface area contributed by atoms with Crippen LogP contribution in [0, 0.1) is 0 Å². The minimum atomic E-state index is -4.89. The molecular formula is C38H25Cl5F6N6O9S2. The highest BCUT2D eigenvalue weighted by molar-refractivity contribution is 7.93. The van der Waals surface area contributed by atoms with Gasteiger partial charge in [0.15, 0.2) is 0 Å². The van der Waals surface area contributed by atoms with Gasteiger partial charge >= 0.3 is 12.4 Å². The molecule has 6 aromatic rings. The van der Waals surface area contributed by atoms with E-state index in [1.54, 1.807) is 0 Å². The first-order chi connectivity index (χ1) is 30.2. The molecule has 0 atom stereocenters. The second kappa shape index (κ2) is 22.1. The number of anilines is 2. The molecule has 2 aromatic carbocycles. The SMILES string of the molecule is C.O=C(c1cccc(=O)[nH]1)c1ncc(Cl)cc1NS(=O)(=O)c1ccc(Cl)c(C(F)(F)F)c1.O=C(c1cccc(Cl)n1)c1ncc(Cl)cc1NS(=O)(=O)c1ccc(Cl)c(C(F)(F)F)c1.O=CO. The Morgan fingerprint density at radius 1 is 0.652 bits per heavy atom. The number of alkyl halides is 6. The molecule has 4 N–H and O–H groups in total. The highest BCUT2D eigenvalue weighted by Crippen LogP contribution is 2.38. The summed E-state index contributed by atoms with van der Waals surface area (Å²) in [5, 5.41) is 5.48. The Balaban J connectivity index is 0.000000326. The average Bonchev–Trinajstić information content (AvgIpc) is 3.20. The van der Waals surface area contributed by atoms with E-state index in [1.807, 2.05) is 9.44 Å². The number of nitrogens with one attached hydrogen (secondary N) is 3. The maximum Gasteiger partial charge on any atom is 0.417 e. The fourth-order valence-electron chi connectivity index (χ4n) is 4.94. The van der Waals surface area contributed by atoms with Crippen LogP contribution >= 0.6 is 58.0 Å². The van der Waals surface area contributed by atoms with Crippen LogP contribution in [-0.4, -0.2) is 59.9 Å². The van der Waals surface area contributed by atoms with Gasteiger partial charge in [0.1, 0.15) is 22.2 Å². The van der Waals surface area contributed by atoms with Gasteiger partial charge in [-0.15, -0.1) is 0 Å². The number of carbonyl (C=O) groups is 3. The number of rotatable bonds is 10. The lowest BCUT2D eigenvalue weighted by Gasteiger charge is -2.14. The van der Waals surface area contributed by atoms with Gasteiger partial charge in [0.2, 0.25) is 17.1 Å². The summed E-state index contributed by atoms with van der Waals surface area (Å²) in [6, 6.07) is 14.2. The number of aromatic nitrogens is 4. The van der Waals surface area contributed by atoms with Crippen molar-refractivity contribution in [3.05, 3.63) is 167 Å². The molecule has 0 spiro atoms. The Morgan fingerprint density at radius 2 is 1.08 bits per heavy atom. The van der Waals surface area contributed by atoms with E-state index < -0.39 is 91.9 Å². The van der Waals surface area contributed by atoms with E-state index in [0.717, 1.165) is 54.9 Å². The third-order valence-electron chi connectivity index (χ3n) is 7.70. The molecule has 66 heavy (non-hydrogen) atoms. The summed E-state index contributed by atoms with van der Waals surface area (Å²) in [7, 11) is -9.19. The summed E-state index contributed by atoms with van der Waals surface area (Å²) in [5.41, 5.74) is -5.15. The Morgan fingerprint density at radius 3 is 1.48 bits per heavy atom. The van der Waals surface area contributed by atoms with Gasteiger partial charge < -0.3 is 10.1 Å². The molecule has 0 unspecified atom stereocenters. The van der Waals surface area contributed by atoms with E-state index in [-0.39, 0.29) is 51.9 Å². The molecule has 0 aliphatic rings.